The number of allylic oxidation sites excluding steroid dienone is 1. The van der Waals surface area contributed by atoms with Crippen molar-refractivity contribution < 1.29 is 15.0 Å². The van der Waals surface area contributed by atoms with Crippen LogP contribution in [0.5, 0.6) is 0 Å². The first-order valence-electron chi connectivity index (χ1n) is 12.9. The van der Waals surface area contributed by atoms with Gasteiger partial charge in [-0.3, -0.25) is 4.79 Å². The Labute approximate surface area is 186 Å². The average Bonchev–Trinajstić information content (AvgIpc) is 2.75. The van der Waals surface area contributed by atoms with Crippen molar-refractivity contribution in [2.24, 2.45) is 0 Å². The Balaban J connectivity index is 3.56. The molecule has 0 fully saturated rings. The topological polar surface area (TPSA) is 69.6 Å². The Morgan fingerprint density at radius 3 is 1.70 bits per heavy atom. The van der Waals surface area contributed by atoms with Crippen molar-refractivity contribution in [3.05, 3.63) is 12.2 Å². The van der Waals surface area contributed by atoms with Gasteiger partial charge in [0.25, 0.3) is 0 Å². The van der Waals surface area contributed by atoms with Gasteiger partial charge < -0.3 is 15.5 Å². The molecule has 4 heteroatoms. The van der Waals surface area contributed by atoms with Crippen molar-refractivity contribution in [2.45, 2.75) is 142 Å². The van der Waals surface area contributed by atoms with E-state index in [-0.39, 0.29) is 12.5 Å². The summed E-state index contributed by atoms with van der Waals surface area (Å²) in [4.78, 5) is 12.1. The minimum absolute atomic E-state index is 0.0750. The molecule has 0 radical (unpaired) electrons. The van der Waals surface area contributed by atoms with Crippen LogP contribution >= 0.6 is 0 Å². The molecule has 0 saturated heterocycles. The Bertz CT molecular complexity index is 398. The van der Waals surface area contributed by atoms with Crippen LogP contribution in [0.2, 0.25) is 0 Å². The van der Waals surface area contributed by atoms with Crippen molar-refractivity contribution in [2.75, 3.05) is 6.61 Å². The molecule has 0 heterocycles. The van der Waals surface area contributed by atoms with E-state index in [9.17, 15) is 15.0 Å². The Hall–Kier alpha value is -0.870. The van der Waals surface area contributed by atoms with Gasteiger partial charge in [-0.25, -0.2) is 0 Å². The van der Waals surface area contributed by atoms with Gasteiger partial charge in [0, 0.05) is 6.42 Å². The molecule has 178 valence electrons. The zero-order valence-electron chi connectivity index (χ0n) is 20.0. The molecule has 0 aliphatic rings. The third-order valence-corrected chi connectivity index (χ3v) is 5.77. The highest BCUT2D eigenvalue weighted by Crippen LogP contribution is 2.13. The number of carbonyl (C=O) groups excluding carboxylic acids is 1. The van der Waals surface area contributed by atoms with Crippen LogP contribution in [0.4, 0.5) is 0 Å². The second-order valence-corrected chi connectivity index (χ2v) is 8.76. The predicted octanol–water partition coefficient (Wildman–Crippen LogP) is 6.44. The van der Waals surface area contributed by atoms with Crippen LogP contribution in [0.15, 0.2) is 12.2 Å². The summed E-state index contributed by atoms with van der Waals surface area (Å²) in [6, 6.07) is -0.609. The molecule has 0 bridgehead atoms. The fraction of sp³-hybridized carbons (Fsp3) is 0.885. The molecule has 2 atom stereocenters. The van der Waals surface area contributed by atoms with Crippen LogP contribution in [-0.2, 0) is 4.79 Å². The molecule has 0 saturated carbocycles. The van der Waals surface area contributed by atoms with Crippen molar-refractivity contribution in [1.82, 2.24) is 5.32 Å². The summed E-state index contributed by atoms with van der Waals surface area (Å²) in [5, 5.41) is 22.3. The largest absolute Gasteiger partial charge is 0.394 e. The molecule has 30 heavy (non-hydrogen) atoms. The minimum atomic E-state index is -0.827. The highest BCUT2D eigenvalue weighted by Gasteiger charge is 2.17. The average molecular weight is 426 g/mol. The first-order chi connectivity index (χ1) is 14.7. The Morgan fingerprint density at radius 2 is 1.23 bits per heavy atom. The Kier molecular flexibility index (Phi) is 22.1. The predicted molar refractivity (Wildman–Crippen MR) is 129 cm³/mol. The van der Waals surface area contributed by atoms with Gasteiger partial charge in [-0.1, -0.05) is 122 Å². The molecule has 0 aliphatic carbocycles. The first kappa shape index (κ1) is 29.1. The molecule has 0 aromatic carbocycles. The highest BCUT2D eigenvalue weighted by molar-refractivity contribution is 5.76. The lowest BCUT2D eigenvalue weighted by atomic mass is 10.0. The van der Waals surface area contributed by atoms with Crippen molar-refractivity contribution in [3.8, 4) is 0 Å². The first-order valence-corrected chi connectivity index (χ1v) is 12.9. The molecule has 0 spiro atoms. The van der Waals surface area contributed by atoms with Gasteiger partial charge >= 0.3 is 0 Å². The van der Waals surface area contributed by atoms with Crippen molar-refractivity contribution in [1.29, 1.82) is 0 Å². The van der Waals surface area contributed by atoms with Gasteiger partial charge in [-0.15, -0.1) is 0 Å². The molecular weight excluding hydrogens is 374 g/mol. The van der Waals surface area contributed by atoms with Crippen LogP contribution in [-0.4, -0.2) is 34.9 Å². The van der Waals surface area contributed by atoms with E-state index in [1.165, 1.54) is 77.0 Å². The molecule has 3 N–H and O–H groups in total. The normalized spacial score (nSPS) is 13.6. The third kappa shape index (κ3) is 19.1. The van der Waals surface area contributed by atoms with Crippen LogP contribution in [0, 0.1) is 0 Å². The van der Waals surface area contributed by atoms with Gasteiger partial charge in [0.2, 0.25) is 5.91 Å². The van der Waals surface area contributed by atoms with E-state index in [0.717, 1.165) is 32.1 Å². The number of nitrogens with one attached hydrogen (secondary N) is 1. The van der Waals surface area contributed by atoms with Gasteiger partial charge in [0.05, 0.1) is 18.8 Å². The fourth-order valence-electron chi connectivity index (χ4n) is 3.69. The lowest BCUT2D eigenvalue weighted by Crippen LogP contribution is -2.45. The quantitative estimate of drug-likeness (QED) is 0.138. The van der Waals surface area contributed by atoms with Gasteiger partial charge in [0.15, 0.2) is 0 Å². The summed E-state index contributed by atoms with van der Waals surface area (Å²) in [5.41, 5.74) is 0. The summed E-state index contributed by atoms with van der Waals surface area (Å²) < 4.78 is 0. The summed E-state index contributed by atoms with van der Waals surface area (Å²) >= 11 is 0. The maximum absolute atomic E-state index is 12.1. The van der Waals surface area contributed by atoms with Gasteiger partial charge in [-0.2, -0.15) is 0 Å². The standard InChI is InChI=1S/C26H51NO3/c1-3-5-7-9-10-11-12-13-14-15-16-17-18-20-22-26(30)27-24(23-28)25(29)21-19-8-6-4-2/h19,21,24-25,28-29H,3-18,20,22-23H2,1-2H3,(H,27,30)/b21-19+. The number of rotatable bonds is 22. The molecule has 2 unspecified atom stereocenters. The third-order valence-electron chi connectivity index (χ3n) is 5.77. The van der Waals surface area contributed by atoms with Crippen molar-refractivity contribution >= 4 is 5.91 Å². The molecule has 1 amide bonds. The summed E-state index contributed by atoms with van der Waals surface area (Å²) in [6.07, 6.45) is 24.5. The fourth-order valence-corrected chi connectivity index (χ4v) is 3.69. The molecule has 0 aromatic heterocycles. The van der Waals surface area contributed by atoms with E-state index in [1.807, 2.05) is 6.08 Å². The number of aliphatic hydroxyl groups is 2. The lowest BCUT2D eigenvalue weighted by Gasteiger charge is -2.19. The SMILES string of the molecule is CCCC/C=C/C(O)C(CO)NC(=O)CCCCCCCCCCCCCCCC. The molecule has 0 aromatic rings. The summed E-state index contributed by atoms with van der Waals surface area (Å²) in [6.45, 7) is 4.14. The number of amides is 1. The molecule has 4 nitrogen and oxygen atoms in total. The van der Waals surface area contributed by atoms with E-state index >= 15 is 0 Å². The van der Waals surface area contributed by atoms with Gasteiger partial charge in [-0.05, 0) is 12.8 Å². The molecule has 0 aliphatic heterocycles. The second kappa shape index (κ2) is 22.8. The molecular formula is C26H51NO3. The number of hydrogen-bond donors (Lipinski definition) is 3. The minimum Gasteiger partial charge on any atom is -0.394 e. The van der Waals surface area contributed by atoms with E-state index in [2.05, 4.69) is 19.2 Å². The van der Waals surface area contributed by atoms with Crippen molar-refractivity contribution in [3.63, 3.8) is 0 Å². The number of aliphatic hydroxyl groups excluding tert-OH is 2. The van der Waals surface area contributed by atoms with E-state index in [0.29, 0.717) is 6.42 Å². The zero-order valence-corrected chi connectivity index (χ0v) is 20.0. The maximum Gasteiger partial charge on any atom is 0.220 e. The number of hydrogen-bond acceptors (Lipinski definition) is 3. The lowest BCUT2D eigenvalue weighted by molar-refractivity contribution is -0.123. The van der Waals surface area contributed by atoms with E-state index < -0.39 is 12.1 Å². The maximum atomic E-state index is 12.1. The number of unbranched alkanes of at least 4 members (excludes halogenated alkanes) is 15. The van der Waals surface area contributed by atoms with Crippen LogP contribution < -0.4 is 5.32 Å². The molecule has 0 rings (SSSR count). The summed E-state index contributed by atoms with van der Waals surface area (Å²) in [5.74, 6) is -0.0750. The second-order valence-electron chi connectivity index (χ2n) is 8.76. The monoisotopic (exact) mass is 425 g/mol. The van der Waals surface area contributed by atoms with Gasteiger partial charge in [0.1, 0.15) is 0 Å². The van der Waals surface area contributed by atoms with Crippen LogP contribution in [0.1, 0.15) is 129 Å². The van der Waals surface area contributed by atoms with E-state index in [4.69, 9.17) is 0 Å². The van der Waals surface area contributed by atoms with Crippen LogP contribution in [0.3, 0.4) is 0 Å². The zero-order chi connectivity index (χ0) is 22.3. The smallest absolute Gasteiger partial charge is 0.220 e. The highest BCUT2D eigenvalue weighted by atomic mass is 16.3. The summed E-state index contributed by atoms with van der Waals surface area (Å²) in [7, 11) is 0. The van der Waals surface area contributed by atoms with Crippen LogP contribution in [0.25, 0.3) is 0 Å². The Morgan fingerprint density at radius 1 is 0.767 bits per heavy atom. The number of carbonyl (C=O) groups is 1. The van der Waals surface area contributed by atoms with E-state index in [1.54, 1.807) is 6.08 Å².